The van der Waals surface area contributed by atoms with Crippen LogP contribution in [-0.2, 0) is 9.53 Å². The number of carbonyl (C=O) groups is 1. The highest BCUT2D eigenvalue weighted by molar-refractivity contribution is 5.85. The molecule has 1 saturated carbocycles. The van der Waals surface area contributed by atoms with Crippen LogP contribution >= 0.6 is 0 Å². The van der Waals surface area contributed by atoms with Gasteiger partial charge in [-0.15, -0.1) is 0 Å². The first-order chi connectivity index (χ1) is 6.56. The predicted molar refractivity (Wildman–Crippen MR) is 57.1 cm³/mol. The fourth-order valence-corrected chi connectivity index (χ4v) is 2.25. The van der Waals surface area contributed by atoms with Crippen LogP contribution in [0.15, 0.2) is 0 Å². The predicted octanol–water partition coefficient (Wildman–Crippen LogP) is 2.66. The van der Waals surface area contributed by atoms with Crippen LogP contribution in [0.5, 0.6) is 0 Å². The average Bonchev–Trinajstić information content (AvgIpc) is 2.20. The van der Waals surface area contributed by atoms with Crippen LogP contribution in [0, 0.1) is 17.8 Å². The molecule has 0 bridgehead atoms. The van der Waals surface area contributed by atoms with Gasteiger partial charge in [0.1, 0.15) is 6.10 Å². The van der Waals surface area contributed by atoms with E-state index in [1.165, 1.54) is 6.42 Å². The lowest BCUT2D eigenvalue weighted by Crippen LogP contribution is -2.32. The molecule has 1 aliphatic rings. The van der Waals surface area contributed by atoms with E-state index in [1.54, 1.807) is 7.11 Å². The third-order valence-electron chi connectivity index (χ3n) is 3.75. The van der Waals surface area contributed by atoms with Gasteiger partial charge in [0.25, 0.3) is 0 Å². The van der Waals surface area contributed by atoms with E-state index < -0.39 is 0 Å². The first kappa shape index (κ1) is 11.7. The van der Waals surface area contributed by atoms with Crippen molar-refractivity contribution in [2.24, 2.45) is 17.8 Å². The van der Waals surface area contributed by atoms with E-state index in [9.17, 15) is 4.79 Å². The Balaban J connectivity index is 2.50. The van der Waals surface area contributed by atoms with E-state index in [-0.39, 0.29) is 12.0 Å². The largest absolute Gasteiger partial charge is 0.374 e. The minimum atomic E-state index is -0.222. The van der Waals surface area contributed by atoms with Crippen molar-refractivity contribution in [1.29, 1.82) is 0 Å². The summed E-state index contributed by atoms with van der Waals surface area (Å²) < 4.78 is 5.08. The number of hydrogen-bond acceptors (Lipinski definition) is 2. The Morgan fingerprint density at radius 1 is 1.29 bits per heavy atom. The van der Waals surface area contributed by atoms with Gasteiger partial charge in [0, 0.05) is 13.0 Å². The summed E-state index contributed by atoms with van der Waals surface area (Å²) in [7, 11) is 1.61. The van der Waals surface area contributed by atoms with Crippen molar-refractivity contribution in [3.63, 3.8) is 0 Å². The second-order valence-electron chi connectivity index (χ2n) is 4.74. The number of Topliss-reactive ketones (excluding diaryl/α,β-unsaturated/α-hetero) is 1. The van der Waals surface area contributed by atoms with Gasteiger partial charge in [-0.3, -0.25) is 4.79 Å². The number of methoxy groups -OCH3 is 1. The van der Waals surface area contributed by atoms with Gasteiger partial charge in [-0.05, 0) is 38.0 Å². The van der Waals surface area contributed by atoms with Gasteiger partial charge in [-0.25, -0.2) is 0 Å². The van der Waals surface area contributed by atoms with Crippen molar-refractivity contribution in [2.45, 2.75) is 46.1 Å². The maximum Gasteiger partial charge on any atom is 0.164 e. The Morgan fingerprint density at radius 3 is 2.43 bits per heavy atom. The van der Waals surface area contributed by atoms with Crippen molar-refractivity contribution in [1.82, 2.24) is 0 Å². The van der Waals surface area contributed by atoms with Crippen LogP contribution in [0.25, 0.3) is 0 Å². The van der Waals surface area contributed by atoms with Gasteiger partial charge < -0.3 is 4.74 Å². The van der Waals surface area contributed by atoms with Gasteiger partial charge in [0.15, 0.2) is 5.78 Å². The summed E-state index contributed by atoms with van der Waals surface area (Å²) >= 11 is 0. The Labute approximate surface area is 87.0 Å². The fourth-order valence-electron chi connectivity index (χ4n) is 2.25. The molecule has 0 aromatic rings. The van der Waals surface area contributed by atoms with E-state index in [0.29, 0.717) is 11.7 Å². The van der Waals surface area contributed by atoms with Crippen LogP contribution in [0.2, 0.25) is 0 Å². The van der Waals surface area contributed by atoms with Crippen molar-refractivity contribution in [2.75, 3.05) is 7.11 Å². The van der Waals surface area contributed by atoms with E-state index in [0.717, 1.165) is 18.8 Å². The lowest BCUT2D eigenvalue weighted by atomic mass is 9.74. The van der Waals surface area contributed by atoms with E-state index in [4.69, 9.17) is 4.74 Å². The standard InChI is InChI=1S/C12H22O2/c1-8-5-6-11(7-9(8)2)12(13)10(3)14-4/h8-11H,5-7H2,1-4H3. The normalized spacial score (nSPS) is 35.3. The van der Waals surface area contributed by atoms with Crippen molar-refractivity contribution >= 4 is 5.78 Å². The number of carbonyl (C=O) groups excluding carboxylic acids is 1. The Kier molecular flexibility index (Phi) is 4.11. The molecule has 0 amide bonds. The summed E-state index contributed by atoms with van der Waals surface area (Å²) in [5.41, 5.74) is 0. The molecule has 0 aromatic carbocycles. The molecule has 14 heavy (non-hydrogen) atoms. The van der Waals surface area contributed by atoms with Crippen LogP contribution in [0.3, 0.4) is 0 Å². The first-order valence-electron chi connectivity index (χ1n) is 5.62. The molecule has 4 atom stereocenters. The third-order valence-corrected chi connectivity index (χ3v) is 3.75. The smallest absolute Gasteiger partial charge is 0.164 e. The summed E-state index contributed by atoms with van der Waals surface area (Å²) in [5, 5.41) is 0. The molecule has 4 unspecified atom stereocenters. The molecule has 1 rings (SSSR count). The molecule has 0 N–H and O–H groups in total. The summed E-state index contributed by atoms with van der Waals surface area (Å²) in [4.78, 5) is 11.9. The molecule has 1 fully saturated rings. The molecule has 0 saturated heterocycles. The second kappa shape index (κ2) is 4.92. The third kappa shape index (κ3) is 2.57. The van der Waals surface area contributed by atoms with Gasteiger partial charge in [0.2, 0.25) is 0 Å². The molecular formula is C12H22O2. The number of hydrogen-bond donors (Lipinski definition) is 0. The lowest BCUT2D eigenvalue weighted by Gasteiger charge is -2.32. The first-order valence-corrected chi connectivity index (χ1v) is 5.62. The SMILES string of the molecule is COC(C)C(=O)C1CCC(C)C(C)C1. The van der Waals surface area contributed by atoms with Gasteiger partial charge in [-0.1, -0.05) is 13.8 Å². The topological polar surface area (TPSA) is 26.3 Å². The summed E-state index contributed by atoms with van der Waals surface area (Å²) in [6.45, 7) is 6.39. The highest BCUT2D eigenvalue weighted by atomic mass is 16.5. The molecule has 0 aliphatic heterocycles. The molecule has 82 valence electrons. The molecule has 0 heterocycles. The van der Waals surface area contributed by atoms with Crippen molar-refractivity contribution in [3.8, 4) is 0 Å². The minimum absolute atomic E-state index is 0.222. The number of rotatable bonds is 3. The zero-order valence-corrected chi connectivity index (χ0v) is 9.75. The maximum atomic E-state index is 11.9. The minimum Gasteiger partial charge on any atom is -0.374 e. The lowest BCUT2D eigenvalue weighted by molar-refractivity contribution is -0.133. The fraction of sp³-hybridized carbons (Fsp3) is 0.917. The summed E-state index contributed by atoms with van der Waals surface area (Å²) in [6.07, 6.45) is 3.07. The van der Waals surface area contributed by atoms with Gasteiger partial charge in [-0.2, -0.15) is 0 Å². The number of ketones is 1. The average molecular weight is 198 g/mol. The van der Waals surface area contributed by atoms with Gasteiger partial charge in [0.05, 0.1) is 0 Å². The Morgan fingerprint density at radius 2 is 1.93 bits per heavy atom. The highest BCUT2D eigenvalue weighted by Gasteiger charge is 2.31. The Bertz CT molecular complexity index is 200. The van der Waals surface area contributed by atoms with Crippen LogP contribution in [0.1, 0.15) is 40.0 Å². The zero-order valence-electron chi connectivity index (χ0n) is 9.75. The van der Waals surface area contributed by atoms with Crippen LogP contribution in [-0.4, -0.2) is 19.0 Å². The molecule has 2 heteroatoms. The molecule has 0 spiro atoms. The monoisotopic (exact) mass is 198 g/mol. The van der Waals surface area contributed by atoms with E-state index >= 15 is 0 Å². The Hall–Kier alpha value is -0.370. The summed E-state index contributed by atoms with van der Waals surface area (Å²) in [6, 6.07) is 0. The zero-order chi connectivity index (χ0) is 10.7. The summed E-state index contributed by atoms with van der Waals surface area (Å²) in [5.74, 6) is 2.00. The quantitative estimate of drug-likeness (QED) is 0.697. The van der Waals surface area contributed by atoms with Crippen molar-refractivity contribution < 1.29 is 9.53 Å². The van der Waals surface area contributed by atoms with Crippen LogP contribution < -0.4 is 0 Å². The molecular weight excluding hydrogens is 176 g/mol. The maximum absolute atomic E-state index is 11.9. The molecule has 0 radical (unpaired) electrons. The number of ether oxygens (including phenoxy) is 1. The van der Waals surface area contributed by atoms with E-state index in [2.05, 4.69) is 13.8 Å². The second-order valence-corrected chi connectivity index (χ2v) is 4.74. The molecule has 0 aromatic heterocycles. The van der Waals surface area contributed by atoms with Crippen LogP contribution in [0.4, 0.5) is 0 Å². The van der Waals surface area contributed by atoms with E-state index in [1.807, 2.05) is 6.92 Å². The molecule has 1 aliphatic carbocycles. The van der Waals surface area contributed by atoms with Crippen molar-refractivity contribution in [3.05, 3.63) is 0 Å². The molecule has 2 nitrogen and oxygen atoms in total. The highest BCUT2D eigenvalue weighted by Crippen LogP contribution is 2.34. The van der Waals surface area contributed by atoms with Gasteiger partial charge >= 0.3 is 0 Å².